The van der Waals surface area contributed by atoms with Gasteiger partial charge < -0.3 is 0 Å². The average molecular weight is 184 g/mol. The Labute approximate surface area is 86.7 Å². The Balaban J connectivity index is 2.97. The van der Waals surface area contributed by atoms with Gasteiger partial charge >= 0.3 is 0 Å². The number of terminal acetylenes is 1. The molecule has 0 radical (unpaired) electrons. The first-order valence-electron chi connectivity index (χ1n) is 5.00. The summed E-state index contributed by atoms with van der Waals surface area (Å²) in [6.45, 7) is 4.33. The number of rotatable bonds is 3. The smallest absolute Gasteiger partial charge is 0.0314 e. The van der Waals surface area contributed by atoms with Crippen LogP contribution in [0.2, 0.25) is 0 Å². The Bertz CT molecular complexity index is 364. The van der Waals surface area contributed by atoms with Gasteiger partial charge in [0, 0.05) is 5.56 Å². The molecule has 0 fully saturated rings. The van der Waals surface area contributed by atoms with E-state index >= 15 is 0 Å². The summed E-state index contributed by atoms with van der Waals surface area (Å²) in [6, 6.07) is 8.03. The molecule has 0 saturated carbocycles. The highest BCUT2D eigenvalue weighted by atomic mass is 14.0. The number of hydrogen-bond acceptors (Lipinski definition) is 0. The van der Waals surface area contributed by atoms with Crippen LogP contribution in [0.4, 0.5) is 0 Å². The summed E-state index contributed by atoms with van der Waals surface area (Å²) in [4.78, 5) is 0. The Morgan fingerprint density at radius 3 is 2.79 bits per heavy atom. The maximum absolute atomic E-state index is 5.42. The highest BCUT2D eigenvalue weighted by molar-refractivity contribution is 5.60. The van der Waals surface area contributed by atoms with Gasteiger partial charge in [0.2, 0.25) is 0 Å². The SMILES string of the molecule is C#Cc1ccccc1C=C(C)CCC. The highest BCUT2D eigenvalue weighted by Gasteiger charge is 1.95. The van der Waals surface area contributed by atoms with Crippen LogP contribution in [-0.2, 0) is 0 Å². The van der Waals surface area contributed by atoms with Gasteiger partial charge in [-0.2, -0.15) is 0 Å². The minimum atomic E-state index is 0.975. The largest absolute Gasteiger partial charge is 0.115 e. The molecule has 0 amide bonds. The standard InChI is InChI=1S/C14H16/c1-4-8-12(3)11-14-10-7-6-9-13(14)5-2/h2,6-7,9-11H,4,8H2,1,3H3. The normalized spacial score (nSPS) is 11.1. The maximum Gasteiger partial charge on any atom is 0.0314 e. The summed E-state index contributed by atoms with van der Waals surface area (Å²) in [5, 5.41) is 0. The van der Waals surface area contributed by atoms with Crippen molar-refractivity contribution < 1.29 is 0 Å². The van der Waals surface area contributed by atoms with Crippen LogP contribution >= 0.6 is 0 Å². The fourth-order valence-corrected chi connectivity index (χ4v) is 1.49. The van der Waals surface area contributed by atoms with Crippen molar-refractivity contribution in [3.05, 3.63) is 41.0 Å². The van der Waals surface area contributed by atoms with Gasteiger partial charge in [-0.05, 0) is 25.0 Å². The molecule has 72 valence electrons. The predicted molar refractivity (Wildman–Crippen MR) is 62.9 cm³/mol. The number of benzene rings is 1. The Hall–Kier alpha value is -1.48. The highest BCUT2D eigenvalue weighted by Crippen LogP contribution is 2.14. The van der Waals surface area contributed by atoms with Gasteiger partial charge in [-0.15, -0.1) is 6.42 Å². The Morgan fingerprint density at radius 2 is 2.14 bits per heavy atom. The molecule has 0 atom stereocenters. The predicted octanol–water partition coefficient (Wildman–Crippen LogP) is 3.87. The van der Waals surface area contributed by atoms with Crippen LogP contribution in [0.15, 0.2) is 29.8 Å². The summed E-state index contributed by atoms with van der Waals surface area (Å²) in [7, 11) is 0. The minimum Gasteiger partial charge on any atom is -0.115 e. The molecule has 14 heavy (non-hydrogen) atoms. The van der Waals surface area contributed by atoms with Gasteiger partial charge in [0.05, 0.1) is 0 Å². The lowest BCUT2D eigenvalue weighted by molar-refractivity contribution is 0.911. The Kier molecular flexibility index (Phi) is 4.01. The third kappa shape index (κ3) is 2.78. The molecule has 0 aromatic heterocycles. The van der Waals surface area contributed by atoms with E-state index < -0.39 is 0 Å². The molecule has 1 aromatic rings. The van der Waals surface area contributed by atoms with E-state index in [0.29, 0.717) is 0 Å². The molecular formula is C14H16. The third-order valence-electron chi connectivity index (χ3n) is 2.16. The molecule has 0 saturated heterocycles. The second-order valence-corrected chi connectivity index (χ2v) is 3.47. The van der Waals surface area contributed by atoms with E-state index in [9.17, 15) is 0 Å². The molecule has 0 heterocycles. The van der Waals surface area contributed by atoms with E-state index in [1.807, 2.05) is 18.2 Å². The molecule has 0 unspecified atom stereocenters. The van der Waals surface area contributed by atoms with Crippen molar-refractivity contribution in [3.8, 4) is 12.3 Å². The van der Waals surface area contributed by atoms with Crippen LogP contribution < -0.4 is 0 Å². The van der Waals surface area contributed by atoms with Crippen LogP contribution in [0.1, 0.15) is 37.8 Å². The van der Waals surface area contributed by atoms with E-state index in [1.165, 1.54) is 12.0 Å². The quantitative estimate of drug-likeness (QED) is 0.625. The van der Waals surface area contributed by atoms with E-state index in [-0.39, 0.29) is 0 Å². The lowest BCUT2D eigenvalue weighted by Gasteiger charge is -2.01. The average Bonchev–Trinajstić information content (AvgIpc) is 2.19. The summed E-state index contributed by atoms with van der Waals surface area (Å²) in [6.07, 6.45) is 9.92. The van der Waals surface area contributed by atoms with E-state index in [0.717, 1.165) is 17.5 Å². The van der Waals surface area contributed by atoms with Gasteiger partial charge in [-0.1, -0.05) is 49.1 Å². The third-order valence-corrected chi connectivity index (χ3v) is 2.16. The van der Waals surface area contributed by atoms with Crippen LogP contribution in [0.25, 0.3) is 6.08 Å². The first kappa shape index (κ1) is 10.6. The minimum absolute atomic E-state index is 0.975. The van der Waals surface area contributed by atoms with E-state index in [2.05, 4.69) is 31.9 Å². The fraction of sp³-hybridized carbons (Fsp3) is 0.286. The first-order valence-corrected chi connectivity index (χ1v) is 5.00. The zero-order valence-electron chi connectivity index (χ0n) is 8.88. The van der Waals surface area contributed by atoms with Crippen LogP contribution in [0.5, 0.6) is 0 Å². The topological polar surface area (TPSA) is 0 Å². The monoisotopic (exact) mass is 184 g/mol. The molecule has 0 spiro atoms. The summed E-state index contributed by atoms with van der Waals surface area (Å²) < 4.78 is 0. The van der Waals surface area contributed by atoms with Crippen molar-refractivity contribution in [2.45, 2.75) is 26.7 Å². The zero-order chi connectivity index (χ0) is 10.4. The second-order valence-electron chi connectivity index (χ2n) is 3.47. The van der Waals surface area contributed by atoms with Crippen molar-refractivity contribution in [1.82, 2.24) is 0 Å². The second kappa shape index (κ2) is 5.29. The van der Waals surface area contributed by atoms with Crippen LogP contribution in [0, 0.1) is 12.3 Å². The number of allylic oxidation sites excluding steroid dienone is 1. The molecule has 0 N–H and O–H groups in total. The van der Waals surface area contributed by atoms with Crippen molar-refractivity contribution in [1.29, 1.82) is 0 Å². The lowest BCUT2D eigenvalue weighted by Crippen LogP contribution is -1.82. The number of hydrogen-bond donors (Lipinski definition) is 0. The maximum atomic E-state index is 5.42. The van der Waals surface area contributed by atoms with Crippen molar-refractivity contribution in [2.75, 3.05) is 0 Å². The van der Waals surface area contributed by atoms with Crippen molar-refractivity contribution in [3.63, 3.8) is 0 Å². The first-order chi connectivity index (χ1) is 6.77. The summed E-state index contributed by atoms with van der Waals surface area (Å²) in [5.41, 5.74) is 3.51. The molecule has 1 aromatic carbocycles. The van der Waals surface area contributed by atoms with Gasteiger partial charge in [0.15, 0.2) is 0 Å². The molecule has 0 aliphatic heterocycles. The summed E-state index contributed by atoms with van der Waals surface area (Å²) >= 11 is 0. The molecule has 0 aliphatic rings. The fourth-order valence-electron chi connectivity index (χ4n) is 1.49. The van der Waals surface area contributed by atoms with Gasteiger partial charge in [-0.25, -0.2) is 0 Å². The molecule has 0 heteroatoms. The van der Waals surface area contributed by atoms with Crippen LogP contribution in [0.3, 0.4) is 0 Å². The zero-order valence-corrected chi connectivity index (χ0v) is 8.88. The molecule has 0 aliphatic carbocycles. The van der Waals surface area contributed by atoms with E-state index in [4.69, 9.17) is 6.42 Å². The summed E-state index contributed by atoms with van der Waals surface area (Å²) in [5.74, 6) is 2.70. The van der Waals surface area contributed by atoms with Crippen LogP contribution in [-0.4, -0.2) is 0 Å². The molecule has 0 nitrogen and oxygen atoms in total. The molecular weight excluding hydrogens is 168 g/mol. The Morgan fingerprint density at radius 1 is 1.43 bits per heavy atom. The van der Waals surface area contributed by atoms with Crippen molar-refractivity contribution >= 4 is 6.08 Å². The van der Waals surface area contributed by atoms with Gasteiger partial charge in [0.1, 0.15) is 0 Å². The van der Waals surface area contributed by atoms with Gasteiger partial charge in [0.25, 0.3) is 0 Å². The molecule has 1 rings (SSSR count). The molecule has 0 bridgehead atoms. The van der Waals surface area contributed by atoms with Gasteiger partial charge in [-0.3, -0.25) is 0 Å². The van der Waals surface area contributed by atoms with Crippen molar-refractivity contribution in [2.24, 2.45) is 0 Å². The lowest BCUT2D eigenvalue weighted by atomic mass is 10.0. The van der Waals surface area contributed by atoms with E-state index in [1.54, 1.807) is 0 Å².